The number of hydrogen-bond acceptors (Lipinski definition) is 7. The molecule has 0 unspecified atom stereocenters. The van der Waals surface area contributed by atoms with Crippen molar-refractivity contribution < 1.29 is 19.1 Å². The highest BCUT2D eigenvalue weighted by molar-refractivity contribution is 5.97. The molecule has 0 radical (unpaired) electrons. The summed E-state index contributed by atoms with van der Waals surface area (Å²) in [5.41, 5.74) is 6.48. The molecule has 5 N–H and O–H groups in total. The number of esters is 1. The predicted octanol–water partition coefficient (Wildman–Crippen LogP) is 0.173. The molecule has 0 saturated heterocycles. The van der Waals surface area contributed by atoms with E-state index in [1.807, 2.05) is 0 Å². The number of allylic oxidation sites excluding steroid dienone is 2. The van der Waals surface area contributed by atoms with Gasteiger partial charge >= 0.3 is 5.97 Å². The lowest BCUT2D eigenvalue weighted by molar-refractivity contribution is -0.142. The molecule has 27 heavy (non-hydrogen) atoms. The summed E-state index contributed by atoms with van der Waals surface area (Å²) in [6, 6.07) is 5.67. The van der Waals surface area contributed by atoms with E-state index in [4.69, 9.17) is 5.73 Å². The third-order valence-corrected chi connectivity index (χ3v) is 3.28. The Morgan fingerprint density at radius 3 is 2.70 bits per heavy atom. The van der Waals surface area contributed by atoms with E-state index in [2.05, 4.69) is 39.0 Å². The smallest absolute Gasteiger partial charge is 0.324 e. The second kappa shape index (κ2) is 11.2. The summed E-state index contributed by atoms with van der Waals surface area (Å²) < 4.78 is 4.45. The van der Waals surface area contributed by atoms with Crippen LogP contribution in [0.15, 0.2) is 53.8 Å². The second-order valence-corrected chi connectivity index (χ2v) is 5.27. The fraction of sp³-hybridized carbons (Fsp3) is 0.222. The lowest BCUT2D eigenvalue weighted by atomic mass is 10.2. The lowest BCUT2D eigenvalue weighted by Gasteiger charge is -2.11. The Kier molecular flexibility index (Phi) is 8.96. The second-order valence-electron chi connectivity index (χ2n) is 5.27. The minimum absolute atomic E-state index is 0.0895. The maximum Gasteiger partial charge on any atom is 0.324 e. The van der Waals surface area contributed by atoms with Crippen LogP contribution in [0.1, 0.15) is 10.4 Å². The van der Waals surface area contributed by atoms with Crippen molar-refractivity contribution >= 4 is 30.2 Å². The van der Waals surface area contributed by atoms with Gasteiger partial charge in [0, 0.05) is 17.8 Å². The zero-order valence-corrected chi connectivity index (χ0v) is 15.0. The summed E-state index contributed by atoms with van der Waals surface area (Å²) in [6.07, 6.45) is 3.18. The van der Waals surface area contributed by atoms with E-state index in [-0.39, 0.29) is 13.1 Å². The molecule has 0 aliphatic heterocycles. The quantitative estimate of drug-likeness (QED) is 0.262. The van der Waals surface area contributed by atoms with Crippen LogP contribution in [-0.4, -0.2) is 50.7 Å². The fourth-order valence-corrected chi connectivity index (χ4v) is 1.92. The third kappa shape index (κ3) is 7.53. The Hall–Kier alpha value is -3.46. The minimum Gasteiger partial charge on any atom is -0.468 e. The van der Waals surface area contributed by atoms with Gasteiger partial charge in [-0.15, -0.1) is 0 Å². The summed E-state index contributed by atoms with van der Waals surface area (Å²) in [5.74, 6) is -1.08. The summed E-state index contributed by atoms with van der Waals surface area (Å²) >= 11 is 0. The number of nitrogens with one attached hydrogen (secondary N) is 3. The number of nitrogens with two attached hydrogens (primary N) is 1. The van der Waals surface area contributed by atoms with E-state index in [1.54, 1.807) is 36.4 Å². The van der Waals surface area contributed by atoms with Crippen LogP contribution in [0.25, 0.3) is 0 Å². The number of hydrogen-bond donors (Lipinski definition) is 4. The van der Waals surface area contributed by atoms with Crippen LogP contribution < -0.4 is 21.7 Å². The number of carbonyl (C=O) groups is 3. The molecule has 0 bridgehead atoms. The number of rotatable bonds is 10. The molecule has 9 nitrogen and oxygen atoms in total. The van der Waals surface area contributed by atoms with E-state index < -0.39 is 23.8 Å². The molecule has 1 aromatic carbocycles. The van der Waals surface area contributed by atoms with Crippen molar-refractivity contribution in [3.05, 3.63) is 54.4 Å². The molecule has 2 amide bonds. The molecule has 0 aliphatic carbocycles. The monoisotopic (exact) mass is 373 g/mol. The molecular formula is C18H23N5O4. The van der Waals surface area contributed by atoms with Crippen molar-refractivity contribution in [3.8, 4) is 0 Å². The van der Waals surface area contributed by atoms with Crippen LogP contribution in [-0.2, 0) is 14.3 Å². The highest BCUT2D eigenvalue weighted by Crippen LogP contribution is 2.13. The summed E-state index contributed by atoms with van der Waals surface area (Å²) in [7, 11) is 1.20. The molecule has 1 atom stereocenters. The number of methoxy groups -OCH3 is 1. The number of carbonyl (C=O) groups excluding carboxylic acids is 3. The zero-order valence-electron chi connectivity index (χ0n) is 15.0. The van der Waals surface area contributed by atoms with Gasteiger partial charge < -0.3 is 26.4 Å². The number of ether oxygens (including phenoxy) is 1. The molecule has 1 rings (SSSR count). The van der Waals surface area contributed by atoms with Gasteiger partial charge in [-0.05, 0) is 31.0 Å². The molecule has 0 spiro atoms. The molecule has 0 heterocycles. The third-order valence-electron chi connectivity index (χ3n) is 3.28. The van der Waals surface area contributed by atoms with Crippen LogP contribution in [0, 0.1) is 0 Å². The van der Waals surface area contributed by atoms with Crippen LogP contribution in [0.5, 0.6) is 0 Å². The normalized spacial score (nSPS) is 11.7. The molecule has 1 aromatic rings. The molecule has 0 aromatic heterocycles. The topological polar surface area (TPSA) is 135 Å². The highest BCUT2D eigenvalue weighted by Gasteiger charge is 2.15. The van der Waals surface area contributed by atoms with Gasteiger partial charge in [-0.1, -0.05) is 18.7 Å². The number of aliphatic imine (C=N–C) groups is 1. The van der Waals surface area contributed by atoms with Crippen molar-refractivity contribution in [1.82, 2.24) is 10.6 Å². The van der Waals surface area contributed by atoms with Crippen LogP contribution in [0.4, 0.5) is 5.69 Å². The molecule has 144 valence electrons. The average molecular weight is 373 g/mol. The van der Waals surface area contributed by atoms with E-state index in [0.29, 0.717) is 17.1 Å². The minimum atomic E-state index is -0.964. The number of anilines is 1. The first-order chi connectivity index (χ1) is 12.9. The van der Waals surface area contributed by atoms with Crippen molar-refractivity contribution in [2.24, 2.45) is 10.7 Å². The van der Waals surface area contributed by atoms with Gasteiger partial charge in [-0.3, -0.25) is 14.4 Å². The Morgan fingerprint density at radius 2 is 2.07 bits per heavy atom. The highest BCUT2D eigenvalue weighted by atomic mass is 16.5. The Morgan fingerprint density at radius 1 is 1.33 bits per heavy atom. The van der Waals surface area contributed by atoms with Crippen molar-refractivity contribution in [2.75, 3.05) is 25.5 Å². The van der Waals surface area contributed by atoms with Gasteiger partial charge in [-0.2, -0.15) is 0 Å². The average Bonchev–Trinajstić information content (AvgIpc) is 2.69. The first-order valence-corrected chi connectivity index (χ1v) is 7.96. The molecule has 9 heteroatoms. The maximum atomic E-state index is 12.2. The standard InChI is InChI=1S/C18H23N5O4/c1-4-6-15(20-2)23-13-8-5-7-12(9-13)17(25)22-11-16(24)21-10-14(19)18(26)27-3/h4-9,14,23H,1-2,10-11,19H2,3H3,(H,21,24)(H,22,25)/b15-6+/t14-/m0/s1. The molecule has 0 saturated carbocycles. The number of nitrogens with zero attached hydrogens (tertiary/aromatic N) is 1. The lowest BCUT2D eigenvalue weighted by Crippen LogP contribution is -2.45. The summed E-state index contributed by atoms with van der Waals surface area (Å²) in [5, 5.41) is 7.90. The van der Waals surface area contributed by atoms with Crippen molar-refractivity contribution in [2.45, 2.75) is 6.04 Å². The van der Waals surface area contributed by atoms with E-state index in [9.17, 15) is 14.4 Å². The first kappa shape index (κ1) is 21.6. The SMILES string of the molecule is C=C/C=C(\N=C)Nc1cccc(C(=O)NCC(=O)NC[C@H](N)C(=O)OC)c1. The fourth-order valence-electron chi connectivity index (χ4n) is 1.92. The van der Waals surface area contributed by atoms with Crippen molar-refractivity contribution in [3.63, 3.8) is 0 Å². The van der Waals surface area contributed by atoms with Crippen LogP contribution >= 0.6 is 0 Å². The Bertz CT molecular complexity index is 745. The maximum absolute atomic E-state index is 12.2. The van der Waals surface area contributed by atoms with Gasteiger partial charge in [0.1, 0.15) is 11.9 Å². The predicted molar refractivity (Wildman–Crippen MR) is 103 cm³/mol. The first-order valence-electron chi connectivity index (χ1n) is 7.96. The summed E-state index contributed by atoms with van der Waals surface area (Å²) in [6.45, 7) is 6.66. The molecular weight excluding hydrogens is 350 g/mol. The zero-order chi connectivity index (χ0) is 20.2. The Labute approximate surface area is 157 Å². The van der Waals surface area contributed by atoms with Crippen LogP contribution in [0.2, 0.25) is 0 Å². The van der Waals surface area contributed by atoms with Gasteiger partial charge in [0.05, 0.1) is 13.7 Å². The van der Waals surface area contributed by atoms with Gasteiger partial charge in [-0.25, -0.2) is 4.99 Å². The van der Waals surface area contributed by atoms with E-state index in [1.165, 1.54) is 7.11 Å². The molecule has 0 aliphatic rings. The van der Waals surface area contributed by atoms with E-state index in [0.717, 1.165) is 0 Å². The van der Waals surface area contributed by atoms with Gasteiger partial charge in [0.2, 0.25) is 5.91 Å². The number of amides is 2. The Balaban J connectivity index is 2.57. The summed E-state index contributed by atoms with van der Waals surface area (Å²) in [4.78, 5) is 38.9. The largest absolute Gasteiger partial charge is 0.468 e. The van der Waals surface area contributed by atoms with Gasteiger partial charge in [0.25, 0.3) is 5.91 Å². The number of benzene rings is 1. The van der Waals surface area contributed by atoms with Gasteiger partial charge in [0.15, 0.2) is 0 Å². The van der Waals surface area contributed by atoms with E-state index >= 15 is 0 Å². The van der Waals surface area contributed by atoms with Crippen molar-refractivity contribution in [1.29, 1.82) is 0 Å². The van der Waals surface area contributed by atoms with Crippen LogP contribution in [0.3, 0.4) is 0 Å². The molecule has 0 fully saturated rings.